The minimum atomic E-state index is 0.470. The van der Waals surface area contributed by atoms with E-state index in [4.69, 9.17) is 9.47 Å². The van der Waals surface area contributed by atoms with Crippen molar-refractivity contribution in [1.82, 2.24) is 4.98 Å². The molecule has 2 rings (SSSR count). The first-order valence-electron chi connectivity index (χ1n) is 5.82. The number of pyridine rings is 1. The van der Waals surface area contributed by atoms with E-state index in [-0.39, 0.29) is 0 Å². The normalized spacial score (nSPS) is 17.1. The first kappa shape index (κ1) is 11.2. The fourth-order valence-corrected chi connectivity index (χ4v) is 1.81. The fraction of sp³-hybridized carbons (Fsp3) is 0.583. The maximum absolute atomic E-state index is 5.47. The van der Waals surface area contributed by atoms with Crippen molar-refractivity contribution in [2.75, 3.05) is 25.1 Å². The average Bonchev–Trinajstić information content (AvgIpc) is 2.33. The van der Waals surface area contributed by atoms with E-state index in [1.54, 1.807) is 6.20 Å². The van der Waals surface area contributed by atoms with E-state index < -0.39 is 0 Å². The van der Waals surface area contributed by atoms with Gasteiger partial charge in [0, 0.05) is 25.5 Å². The Bertz CT molecular complexity index is 325. The minimum absolute atomic E-state index is 0.470. The van der Waals surface area contributed by atoms with Crippen LogP contribution in [0.25, 0.3) is 0 Å². The zero-order valence-electron chi connectivity index (χ0n) is 9.61. The number of anilines is 1. The van der Waals surface area contributed by atoms with Gasteiger partial charge in [-0.05, 0) is 31.9 Å². The van der Waals surface area contributed by atoms with Crippen molar-refractivity contribution in [3.8, 4) is 5.88 Å². The molecule has 1 fully saturated rings. The average molecular weight is 222 g/mol. The van der Waals surface area contributed by atoms with Gasteiger partial charge in [0.2, 0.25) is 5.88 Å². The Morgan fingerprint density at radius 1 is 1.50 bits per heavy atom. The van der Waals surface area contributed by atoms with Crippen LogP contribution in [0.1, 0.15) is 19.8 Å². The maximum Gasteiger partial charge on any atom is 0.237 e. The highest BCUT2D eigenvalue weighted by Crippen LogP contribution is 2.23. The van der Waals surface area contributed by atoms with Crippen molar-refractivity contribution in [1.29, 1.82) is 0 Å². The van der Waals surface area contributed by atoms with Gasteiger partial charge in [-0.1, -0.05) is 0 Å². The Morgan fingerprint density at radius 3 is 3.06 bits per heavy atom. The molecule has 0 amide bonds. The molecule has 0 atom stereocenters. The molecule has 0 unspecified atom stereocenters. The summed E-state index contributed by atoms with van der Waals surface area (Å²) in [6.07, 6.45) is 3.83. The molecule has 0 radical (unpaired) electrons. The summed E-state index contributed by atoms with van der Waals surface area (Å²) in [5.74, 6) is 0.691. The third-order valence-electron chi connectivity index (χ3n) is 2.63. The predicted octanol–water partition coefficient (Wildman–Crippen LogP) is 2.07. The molecule has 0 spiro atoms. The SMILES string of the molecule is CCOc1ncccc1NC1CCOCC1. The van der Waals surface area contributed by atoms with Crippen molar-refractivity contribution < 1.29 is 9.47 Å². The van der Waals surface area contributed by atoms with Crippen LogP contribution >= 0.6 is 0 Å². The van der Waals surface area contributed by atoms with Crippen LogP contribution in [0.5, 0.6) is 5.88 Å². The lowest BCUT2D eigenvalue weighted by Crippen LogP contribution is -2.28. The second-order valence-electron chi connectivity index (χ2n) is 3.82. The third-order valence-corrected chi connectivity index (χ3v) is 2.63. The monoisotopic (exact) mass is 222 g/mol. The molecule has 1 saturated heterocycles. The van der Waals surface area contributed by atoms with E-state index in [1.807, 2.05) is 19.1 Å². The summed E-state index contributed by atoms with van der Waals surface area (Å²) in [6.45, 7) is 4.27. The van der Waals surface area contributed by atoms with Gasteiger partial charge in [0.05, 0.1) is 12.3 Å². The second-order valence-corrected chi connectivity index (χ2v) is 3.82. The van der Waals surface area contributed by atoms with Crippen molar-refractivity contribution >= 4 is 5.69 Å². The lowest BCUT2D eigenvalue weighted by atomic mass is 10.1. The molecule has 1 aromatic rings. The Morgan fingerprint density at radius 2 is 2.31 bits per heavy atom. The van der Waals surface area contributed by atoms with Crippen LogP contribution in [-0.2, 0) is 4.74 Å². The minimum Gasteiger partial charge on any atom is -0.476 e. The van der Waals surface area contributed by atoms with Gasteiger partial charge in [-0.2, -0.15) is 0 Å². The summed E-state index contributed by atoms with van der Waals surface area (Å²) < 4.78 is 10.8. The number of nitrogens with one attached hydrogen (secondary N) is 1. The largest absolute Gasteiger partial charge is 0.476 e. The van der Waals surface area contributed by atoms with E-state index in [0.29, 0.717) is 18.5 Å². The van der Waals surface area contributed by atoms with Crippen LogP contribution in [0.2, 0.25) is 0 Å². The maximum atomic E-state index is 5.47. The number of hydrogen-bond donors (Lipinski definition) is 1. The van der Waals surface area contributed by atoms with Gasteiger partial charge in [0.25, 0.3) is 0 Å². The van der Waals surface area contributed by atoms with Crippen LogP contribution in [0, 0.1) is 0 Å². The summed E-state index contributed by atoms with van der Waals surface area (Å²) in [6, 6.07) is 4.40. The number of aromatic nitrogens is 1. The van der Waals surface area contributed by atoms with Crippen molar-refractivity contribution in [2.45, 2.75) is 25.8 Å². The molecule has 0 aliphatic carbocycles. The third kappa shape index (κ3) is 2.85. The molecule has 4 heteroatoms. The molecule has 1 aliphatic rings. The van der Waals surface area contributed by atoms with E-state index in [0.717, 1.165) is 31.7 Å². The van der Waals surface area contributed by atoms with Gasteiger partial charge in [0.15, 0.2) is 0 Å². The number of rotatable bonds is 4. The summed E-state index contributed by atoms with van der Waals surface area (Å²) in [4.78, 5) is 4.22. The molecule has 0 saturated carbocycles. The molecular formula is C12H18N2O2. The van der Waals surface area contributed by atoms with Crippen LogP contribution in [0.15, 0.2) is 18.3 Å². The molecule has 88 valence electrons. The molecule has 16 heavy (non-hydrogen) atoms. The van der Waals surface area contributed by atoms with Gasteiger partial charge in [-0.15, -0.1) is 0 Å². The van der Waals surface area contributed by atoms with Crippen LogP contribution < -0.4 is 10.1 Å². The second kappa shape index (κ2) is 5.70. The highest BCUT2D eigenvalue weighted by molar-refractivity contribution is 5.52. The molecule has 4 nitrogen and oxygen atoms in total. The summed E-state index contributed by atoms with van der Waals surface area (Å²) >= 11 is 0. The Hall–Kier alpha value is -1.29. The highest BCUT2D eigenvalue weighted by Gasteiger charge is 2.15. The van der Waals surface area contributed by atoms with Crippen LogP contribution in [0.4, 0.5) is 5.69 Å². The van der Waals surface area contributed by atoms with Crippen LogP contribution in [0.3, 0.4) is 0 Å². The Kier molecular flexibility index (Phi) is 3.99. The molecule has 1 N–H and O–H groups in total. The lowest BCUT2D eigenvalue weighted by Gasteiger charge is -2.24. The van der Waals surface area contributed by atoms with E-state index in [2.05, 4.69) is 10.3 Å². The molecular weight excluding hydrogens is 204 g/mol. The number of nitrogens with zero attached hydrogens (tertiary/aromatic N) is 1. The number of ether oxygens (including phenoxy) is 2. The van der Waals surface area contributed by atoms with Crippen molar-refractivity contribution in [3.05, 3.63) is 18.3 Å². The summed E-state index contributed by atoms with van der Waals surface area (Å²) in [5, 5.41) is 3.47. The topological polar surface area (TPSA) is 43.4 Å². The predicted molar refractivity (Wildman–Crippen MR) is 62.9 cm³/mol. The lowest BCUT2D eigenvalue weighted by molar-refractivity contribution is 0.0904. The molecule has 2 heterocycles. The standard InChI is InChI=1S/C12H18N2O2/c1-2-16-12-11(4-3-7-13-12)14-10-5-8-15-9-6-10/h3-4,7,10,14H,2,5-6,8-9H2,1H3. The fourth-order valence-electron chi connectivity index (χ4n) is 1.81. The smallest absolute Gasteiger partial charge is 0.237 e. The van der Waals surface area contributed by atoms with Gasteiger partial charge in [-0.25, -0.2) is 4.98 Å². The van der Waals surface area contributed by atoms with Gasteiger partial charge < -0.3 is 14.8 Å². The van der Waals surface area contributed by atoms with Gasteiger partial charge >= 0.3 is 0 Å². The van der Waals surface area contributed by atoms with E-state index >= 15 is 0 Å². The quantitative estimate of drug-likeness (QED) is 0.847. The Balaban J connectivity index is 2.01. The van der Waals surface area contributed by atoms with Gasteiger partial charge in [-0.3, -0.25) is 0 Å². The van der Waals surface area contributed by atoms with Gasteiger partial charge in [0.1, 0.15) is 0 Å². The summed E-state index contributed by atoms with van der Waals surface area (Å²) in [7, 11) is 0. The number of hydrogen-bond acceptors (Lipinski definition) is 4. The van der Waals surface area contributed by atoms with E-state index in [1.165, 1.54) is 0 Å². The highest BCUT2D eigenvalue weighted by atomic mass is 16.5. The van der Waals surface area contributed by atoms with Crippen LogP contribution in [-0.4, -0.2) is 30.8 Å². The molecule has 1 aromatic heterocycles. The molecule has 0 aromatic carbocycles. The van der Waals surface area contributed by atoms with Crippen molar-refractivity contribution in [3.63, 3.8) is 0 Å². The first-order chi connectivity index (χ1) is 7.90. The summed E-state index contributed by atoms with van der Waals surface area (Å²) in [5.41, 5.74) is 0.983. The molecule has 1 aliphatic heterocycles. The zero-order chi connectivity index (χ0) is 11.2. The van der Waals surface area contributed by atoms with Crippen molar-refractivity contribution in [2.24, 2.45) is 0 Å². The zero-order valence-corrected chi connectivity index (χ0v) is 9.61. The van der Waals surface area contributed by atoms with E-state index in [9.17, 15) is 0 Å². The Labute approximate surface area is 96.0 Å². The first-order valence-corrected chi connectivity index (χ1v) is 5.82. The molecule has 0 bridgehead atoms.